The van der Waals surface area contributed by atoms with Crippen LogP contribution >= 0.6 is 11.8 Å². The van der Waals surface area contributed by atoms with Gasteiger partial charge in [-0.2, -0.15) is 0 Å². The van der Waals surface area contributed by atoms with Crippen molar-refractivity contribution >= 4 is 40.1 Å². The van der Waals surface area contributed by atoms with Crippen molar-refractivity contribution in [1.29, 1.82) is 0 Å². The summed E-state index contributed by atoms with van der Waals surface area (Å²) >= 11 is 1.29. The Bertz CT molecular complexity index is 855. The maximum absolute atomic E-state index is 12.4. The first-order valence-corrected chi connectivity index (χ1v) is 9.29. The lowest BCUT2D eigenvalue weighted by Gasteiger charge is -2.13. The summed E-state index contributed by atoms with van der Waals surface area (Å²) in [5, 5.41) is 5.75. The van der Waals surface area contributed by atoms with Gasteiger partial charge in [-0.3, -0.25) is 9.59 Å². The lowest BCUT2D eigenvalue weighted by Crippen LogP contribution is -2.28. The highest BCUT2D eigenvalue weighted by atomic mass is 32.2. The number of amidine groups is 1. The second-order valence-corrected chi connectivity index (χ2v) is 7.57. The van der Waals surface area contributed by atoms with Crippen molar-refractivity contribution in [2.24, 2.45) is 4.99 Å². The van der Waals surface area contributed by atoms with Crippen molar-refractivity contribution in [3.05, 3.63) is 59.2 Å². The molecular formula is C20H21N3O2S. The normalized spacial score (nSPS) is 18.0. The second-order valence-electron chi connectivity index (χ2n) is 6.37. The lowest BCUT2D eigenvalue weighted by atomic mass is 10.0. The number of aryl methyl sites for hydroxylation is 3. The number of nitrogens with one attached hydrogen (secondary N) is 2. The van der Waals surface area contributed by atoms with Gasteiger partial charge in [-0.25, -0.2) is 4.99 Å². The van der Waals surface area contributed by atoms with Crippen molar-refractivity contribution in [2.45, 2.75) is 32.4 Å². The quantitative estimate of drug-likeness (QED) is 0.862. The molecule has 0 aromatic heterocycles. The van der Waals surface area contributed by atoms with Gasteiger partial charge in [-0.05, 0) is 44.0 Å². The van der Waals surface area contributed by atoms with Gasteiger partial charge < -0.3 is 10.6 Å². The van der Waals surface area contributed by atoms with Crippen molar-refractivity contribution in [2.75, 3.05) is 5.32 Å². The van der Waals surface area contributed by atoms with Gasteiger partial charge in [0, 0.05) is 12.1 Å². The van der Waals surface area contributed by atoms with E-state index in [0.717, 1.165) is 28.1 Å². The summed E-state index contributed by atoms with van der Waals surface area (Å²) in [5.41, 5.74) is 4.79. The number of carbonyl (C=O) groups excluding carboxylic acids is 2. The summed E-state index contributed by atoms with van der Waals surface area (Å²) in [4.78, 5) is 29.0. The van der Waals surface area contributed by atoms with Gasteiger partial charge in [0.15, 0.2) is 5.17 Å². The standard InChI is InChI=1S/C20H21N3O2S/c1-12-9-13(2)18(14(3)10-12)22-17(24)11-16-19(25)23-20(26-16)21-15-7-5-4-6-8-15/h4-10,16H,11H2,1-3H3,(H,22,24)(H,21,23,25)/t16-/m1/s1. The van der Waals surface area contributed by atoms with E-state index in [4.69, 9.17) is 0 Å². The van der Waals surface area contributed by atoms with Crippen molar-refractivity contribution in [1.82, 2.24) is 5.32 Å². The Labute approximate surface area is 157 Å². The molecule has 1 heterocycles. The van der Waals surface area contributed by atoms with Crippen LogP contribution in [0.1, 0.15) is 23.1 Å². The van der Waals surface area contributed by atoms with Crippen LogP contribution in [0.5, 0.6) is 0 Å². The van der Waals surface area contributed by atoms with Crippen molar-refractivity contribution in [3.8, 4) is 0 Å². The third-order valence-electron chi connectivity index (χ3n) is 4.08. The number of rotatable bonds is 4. The van der Waals surface area contributed by atoms with Crippen LogP contribution < -0.4 is 10.6 Å². The first kappa shape index (κ1) is 18.2. The molecule has 0 radical (unpaired) electrons. The van der Waals surface area contributed by atoms with Gasteiger partial charge in [0.1, 0.15) is 5.25 Å². The minimum Gasteiger partial charge on any atom is -0.326 e. The molecule has 1 atom stereocenters. The first-order valence-electron chi connectivity index (χ1n) is 8.41. The summed E-state index contributed by atoms with van der Waals surface area (Å²) in [6.45, 7) is 5.97. The third-order valence-corrected chi connectivity index (χ3v) is 5.16. The summed E-state index contributed by atoms with van der Waals surface area (Å²) < 4.78 is 0. The average molecular weight is 367 g/mol. The fraction of sp³-hybridized carbons (Fsp3) is 0.250. The molecule has 2 amide bonds. The highest BCUT2D eigenvalue weighted by Gasteiger charge is 2.32. The van der Waals surface area contributed by atoms with Gasteiger partial charge in [-0.1, -0.05) is 47.7 Å². The predicted molar refractivity (Wildman–Crippen MR) is 107 cm³/mol. The molecule has 5 nitrogen and oxygen atoms in total. The molecule has 1 fully saturated rings. The number of amides is 2. The van der Waals surface area contributed by atoms with Crippen LogP contribution in [0.15, 0.2) is 47.5 Å². The van der Waals surface area contributed by atoms with Gasteiger partial charge in [-0.15, -0.1) is 0 Å². The molecule has 2 aromatic carbocycles. The molecule has 6 heteroatoms. The zero-order chi connectivity index (χ0) is 18.7. The number of para-hydroxylation sites is 1. The van der Waals surface area contributed by atoms with E-state index >= 15 is 0 Å². The fourth-order valence-electron chi connectivity index (χ4n) is 2.95. The van der Waals surface area contributed by atoms with E-state index in [9.17, 15) is 9.59 Å². The minimum atomic E-state index is -0.469. The van der Waals surface area contributed by atoms with Crippen LogP contribution in [-0.4, -0.2) is 22.2 Å². The molecule has 1 saturated heterocycles. The zero-order valence-corrected chi connectivity index (χ0v) is 15.8. The summed E-state index contributed by atoms with van der Waals surface area (Å²) in [6, 6.07) is 13.5. The molecule has 134 valence electrons. The van der Waals surface area contributed by atoms with Crippen LogP contribution in [-0.2, 0) is 9.59 Å². The highest BCUT2D eigenvalue weighted by Crippen LogP contribution is 2.27. The third kappa shape index (κ3) is 4.32. The van der Waals surface area contributed by atoms with Crippen LogP contribution in [0, 0.1) is 20.8 Å². The fourth-order valence-corrected chi connectivity index (χ4v) is 3.94. The number of carbonyl (C=O) groups is 2. The Morgan fingerprint density at radius 2 is 1.81 bits per heavy atom. The number of nitrogens with zero attached hydrogens (tertiary/aromatic N) is 1. The molecule has 0 unspecified atom stereocenters. The number of hydrogen-bond donors (Lipinski definition) is 2. The van der Waals surface area contributed by atoms with E-state index in [-0.39, 0.29) is 18.2 Å². The molecule has 0 aliphatic carbocycles. The molecule has 0 saturated carbocycles. The van der Waals surface area contributed by atoms with Gasteiger partial charge in [0.05, 0.1) is 5.69 Å². The molecule has 1 aliphatic rings. The Kier molecular flexibility index (Phi) is 5.42. The Morgan fingerprint density at radius 3 is 2.46 bits per heavy atom. The van der Waals surface area contributed by atoms with Crippen LogP contribution in [0.3, 0.4) is 0 Å². The van der Waals surface area contributed by atoms with Gasteiger partial charge in [0.25, 0.3) is 0 Å². The van der Waals surface area contributed by atoms with Crippen LogP contribution in [0.25, 0.3) is 0 Å². The summed E-state index contributed by atoms with van der Waals surface area (Å²) in [5.74, 6) is -0.356. The molecule has 1 aliphatic heterocycles. The first-order chi connectivity index (χ1) is 12.4. The largest absolute Gasteiger partial charge is 0.326 e. The van der Waals surface area contributed by atoms with E-state index in [1.807, 2.05) is 63.2 Å². The van der Waals surface area contributed by atoms with Crippen molar-refractivity contribution in [3.63, 3.8) is 0 Å². The van der Waals surface area contributed by atoms with Gasteiger partial charge >= 0.3 is 0 Å². The highest BCUT2D eigenvalue weighted by molar-refractivity contribution is 8.15. The predicted octanol–water partition coefficient (Wildman–Crippen LogP) is 3.86. The molecule has 2 N–H and O–H groups in total. The van der Waals surface area contributed by atoms with Crippen LogP contribution in [0.2, 0.25) is 0 Å². The van der Waals surface area contributed by atoms with E-state index in [1.165, 1.54) is 11.8 Å². The van der Waals surface area contributed by atoms with Crippen LogP contribution in [0.4, 0.5) is 11.4 Å². The summed E-state index contributed by atoms with van der Waals surface area (Å²) in [7, 11) is 0. The zero-order valence-electron chi connectivity index (χ0n) is 15.0. The molecule has 0 spiro atoms. The van der Waals surface area contributed by atoms with E-state index in [0.29, 0.717) is 5.17 Å². The monoisotopic (exact) mass is 367 g/mol. The SMILES string of the molecule is Cc1cc(C)c(NC(=O)C[C@H]2SC(=Nc3ccccc3)NC2=O)c(C)c1. The topological polar surface area (TPSA) is 70.6 Å². The van der Waals surface area contributed by atoms with E-state index in [2.05, 4.69) is 15.6 Å². The minimum absolute atomic E-state index is 0.108. The smallest absolute Gasteiger partial charge is 0.240 e. The molecular weight excluding hydrogens is 346 g/mol. The molecule has 0 bridgehead atoms. The maximum atomic E-state index is 12.4. The number of anilines is 1. The van der Waals surface area contributed by atoms with Gasteiger partial charge in [0.2, 0.25) is 11.8 Å². The lowest BCUT2D eigenvalue weighted by molar-refractivity contribution is -0.122. The number of aliphatic imine (C=N–C) groups is 1. The Hall–Kier alpha value is -2.60. The maximum Gasteiger partial charge on any atom is 0.240 e. The molecule has 3 rings (SSSR count). The number of hydrogen-bond acceptors (Lipinski definition) is 4. The Morgan fingerprint density at radius 1 is 1.15 bits per heavy atom. The van der Waals surface area contributed by atoms with E-state index < -0.39 is 5.25 Å². The Balaban J connectivity index is 1.65. The van der Waals surface area contributed by atoms with E-state index in [1.54, 1.807) is 0 Å². The average Bonchev–Trinajstić information content (AvgIpc) is 2.91. The summed E-state index contributed by atoms with van der Waals surface area (Å²) in [6.07, 6.45) is 0.108. The molecule has 26 heavy (non-hydrogen) atoms. The number of thioether (sulfide) groups is 1. The number of benzene rings is 2. The molecule has 2 aromatic rings. The second kappa shape index (κ2) is 7.74. The van der Waals surface area contributed by atoms with Crippen molar-refractivity contribution < 1.29 is 9.59 Å².